The Labute approximate surface area is 360 Å². The molecular weight excluding hydrogens is 719 g/mol. The Bertz CT molecular complexity index is 946. The first-order valence-electron chi connectivity index (χ1n) is 25.3. The summed E-state index contributed by atoms with van der Waals surface area (Å²) in [6.07, 6.45) is 57.2. The fourth-order valence-electron chi connectivity index (χ4n) is 7.49. The molecule has 0 aromatic heterocycles. The number of aliphatic hydroxyl groups is 2. The van der Waals surface area contributed by atoms with Crippen LogP contribution in [0.1, 0.15) is 258 Å². The first kappa shape index (κ1) is 56.1. The maximum absolute atomic E-state index is 12.4. The number of unbranched alkanes of at least 4 members (excludes halogenated alkanes) is 31. The predicted molar refractivity (Wildman–Crippen MR) is 250 cm³/mol. The summed E-state index contributed by atoms with van der Waals surface area (Å²) in [5, 5.41) is 22.9. The van der Waals surface area contributed by atoms with Crippen molar-refractivity contribution in [2.75, 3.05) is 13.2 Å². The molecule has 6 nitrogen and oxygen atoms in total. The number of esters is 1. The van der Waals surface area contributed by atoms with Crippen molar-refractivity contribution in [3.05, 3.63) is 36.5 Å². The van der Waals surface area contributed by atoms with Gasteiger partial charge in [0.15, 0.2) is 0 Å². The van der Waals surface area contributed by atoms with Crippen LogP contribution in [0.15, 0.2) is 36.5 Å². The lowest BCUT2D eigenvalue weighted by atomic mass is 10.0. The molecule has 0 aliphatic rings. The summed E-state index contributed by atoms with van der Waals surface area (Å²) in [4.78, 5) is 24.4. The lowest BCUT2D eigenvalue weighted by Crippen LogP contribution is -2.45. The van der Waals surface area contributed by atoms with Gasteiger partial charge in [0, 0.05) is 12.8 Å². The molecule has 2 atom stereocenters. The average molecular weight is 816 g/mol. The zero-order valence-corrected chi connectivity index (χ0v) is 38.5. The summed E-state index contributed by atoms with van der Waals surface area (Å²) < 4.78 is 5.44. The van der Waals surface area contributed by atoms with Gasteiger partial charge in [0.05, 0.1) is 25.4 Å². The van der Waals surface area contributed by atoms with E-state index in [0.717, 1.165) is 83.5 Å². The van der Waals surface area contributed by atoms with Gasteiger partial charge in [-0.25, -0.2) is 0 Å². The normalized spacial score (nSPS) is 13.0. The lowest BCUT2D eigenvalue weighted by Gasteiger charge is -2.20. The van der Waals surface area contributed by atoms with E-state index in [4.69, 9.17) is 4.74 Å². The number of carbonyl (C=O) groups is 2. The molecule has 0 saturated carbocycles. The van der Waals surface area contributed by atoms with Gasteiger partial charge in [0.2, 0.25) is 5.91 Å². The summed E-state index contributed by atoms with van der Waals surface area (Å²) in [7, 11) is 0. The molecule has 58 heavy (non-hydrogen) atoms. The molecule has 0 bridgehead atoms. The highest BCUT2D eigenvalue weighted by atomic mass is 16.5. The Morgan fingerprint density at radius 1 is 0.483 bits per heavy atom. The molecule has 0 aromatic carbocycles. The fraction of sp³-hybridized carbons (Fsp3) is 0.846. The predicted octanol–water partition coefficient (Wildman–Crippen LogP) is 14.9. The number of hydrogen-bond acceptors (Lipinski definition) is 5. The molecule has 0 aromatic rings. The first-order chi connectivity index (χ1) is 28.5. The third-order valence-electron chi connectivity index (χ3n) is 11.4. The van der Waals surface area contributed by atoms with Crippen molar-refractivity contribution >= 4 is 11.9 Å². The standard InChI is InChI=1S/C52H97NO5/c1-3-5-7-9-11-13-15-16-23-26-30-34-38-42-46-52(57)58-47-43-39-35-31-27-24-21-19-17-18-20-22-25-29-33-37-41-45-51(56)53-49(48-54)50(55)44-40-36-32-28-14-12-10-8-6-4-2/h17,19,24,27,40,44,49-50,54-55H,3-16,18,20-23,25-26,28-39,41-43,45-48H2,1-2H3,(H,53,56)/b19-17-,27-24-,44-40+. The number of allylic oxidation sites excluding steroid dienone is 5. The molecule has 0 heterocycles. The van der Waals surface area contributed by atoms with Crippen molar-refractivity contribution in [3.8, 4) is 0 Å². The van der Waals surface area contributed by atoms with Crippen LogP contribution in [0.4, 0.5) is 0 Å². The summed E-state index contributed by atoms with van der Waals surface area (Å²) in [5.41, 5.74) is 0. The molecule has 1 amide bonds. The molecule has 2 unspecified atom stereocenters. The van der Waals surface area contributed by atoms with Gasteiger partial charge in [-0.05, 0) is 70.6 Å². The molecule has 0 aliphatic heterocycles. The highest BCUT2D eigenvalue weighted by molar-refractivity contribution is 5.76. The van der Waals surface area contributed by atoms with Gasteiger partial charge < -0.3 is 20.3 Å². The molecule has 0 spiro atoms. The largest absolute Gasteiger partial charge is 0.466 e. The van der Waals surface area contributed by atoms with E-state index in [0.29, 0.717) is 19.4 Å². The number of carbonyl (C=O) groups excluding carboxylic acids is 2. The van der Waals surface area contributed by atoms with Crippen LogP contribution in [0, 0.1) is 0 Å². The molecule has 6 heteroatoms. The van der Waals surface area contributed by atoms with Gasteiger partial charge in [-0.2, -0.15) is 0 Å². The molecule has 0 aliphatic carbocycles. The van der Waals surface area contributed by atoms with Crippen LogP contribution in [-0.2, 0) is 14.3 Å². The fourth-order valence-corrected chi connectivity index (χ4v) is 7.49. The van der Waals surface area contributed by atoms with E-state index in [-0.39, 0.29) is 18.5 Å². The highest BCUT2D eigenvalue weighted by Gasteiger charge is 2.18. The Balaban J connectivity index is 3.51. The van der Waals surface area contributed by atoms with Crippen LogP contribution in [0.3, 0.4) is 0 Å². The summed E-state index contributed by atoms with van der Waals surface area (Å²) in [6, 6.07) is -0.638. The number of nitrogens with one attached hydrogen (secondary N) is 1. The van der Waals surface area contributed by atoms with E-state index in [9.17, 15) is 19.8 Å². The van der Waals surface area contributed by atoms with Crippen molar-refractivity contribution in [3.63, 3.8) is 0 Å². The quantitative estimate of drug-likeness (QED) is 0.0323. The van der Waals surface area contributed by atoms with Gasteiger partial charge in [-0.3, -0.25) is 9.59 Å². The maximum atomic E-state index is 12.4. The van der Waals surface area contributed by atoms with E-state index in [2.05, 4.69) is 43.5 Å². The van der Waals surface area contributed by atoms with Crippen LogP contribution < -0.4 is 5.32 Å². The number of ether oxygens (including phenoxy) is 1. The summed E-state index contributed by atoms with van der Waals surface area (Å²) in [5.74, 6) is -0.102. The smallest absolute Gasteiger partial charge is 0.305 e. The van der Waals surface area contributed by atoms with Crippen molar-refractivity contribution in [1.82, 2.24) is 5.32 Å². The average Bonchev–Trinajstić information content (AvgIpc) is 3.22. The van der Waals surface area contributed by atoms with Crippen molar-refractivity contribution in [2.24, 2.45) is 0 Å². The minimum atomic E-state index is -0.853. The monoisotopic (exact) mass is 816 g/mol. The van der Waals surface area contributed by atoms with Crippen molar-refractivity contribution in [2.45, 2.75) is 270 Å². The molecule has 0 rings (SSSR count). The summed E-state index contributed by atoms with van der Waals surface area (Å²) in [6.45, 7) is 4.83. The van der Waals surface area contributed by atoms with Crippen LogP contribution in [0.5, 0.6) is 0 Å². The molecule has 0 saturated heterocycles. The first-order valence-corrected chi connectivity index (χ1v) is 25.3. The third-order valence-corrected chi connectivity index (χ3v) is 11.4. The van der Waals surface area contributed by atoms with Crippen molar-refractivity contribution < 1.29 is 24.5 Å². The van der Waals surface area contributed by atoms with Gasteiger partial charge in [-0.15, -0.1) is 0 Å². The van der Waals surface area contributed by atoms with Crippen LogP contribution in [-0.4, -0.2) is 47.4 Å². The van der Waals surface area contributed by atoms with Gasteiger partial charge in [0.25, 0.3) is 0 Å². The van der Waals surface area contributed by atoms with Crippen molar-refractivity contribution in [1.29, 1.82) is 0 Å². The number of amides is 1. The Hall–Kier alpha value is -1.92. The molecular formula is C52H97NO5. The van der Waals surface area contributed by atoms with Crippen LogP contribution in [0.2, 0.25) is 0 Å². The van der Waals surface area contributed by atoms with Gasteiger partial charge in [0.1, 0.15) is 0 Å². The number of hydrogen-bond donors (Lipinski definition) is 3. The molecule has 340 valence electrons. The second-order valence-electron chi connectivity index (χ2n) is 17.1. The maximum Gasteiger partial charge on any atom is 0.305 e. The van der Waals surface area contributed by atoms with Gasteiger partial charge >= 0.3 is 5.97 Å². The zero-order chi connectivity index (χ0) is 42.3. The van der Waals surface area contributed by atoms with E-state index in [1.54, 1.807) is 6.08 Å². The SMILES string of the molecule is CCCCCCCCCC/C=C/C(O)C(CO)NC(=O)CCCCCCCCC/C=C\C/C=C\CCCCCOC(=O)CCCCCCCCCCCCCCCC. The Kier molecular flexibility index (Phi) is 46.2. The zero-order valence-electron chi connectivity index (χ0n) is 38.5. The topological polar surface area (TPSA) is 95.9 Å². The van der Waals surface area contributed by atoms with Crippen LogP contribution in [0.25, 0.3) is 0 Å². The second-order valence-corrected chi connectivity index (χ2v) is 17.1. The third kappa shape index (κ3) is 43.7. The minimum absolute atomic E-state index is 0.0151. The summed E-state index contributed by atoms with van der Waals surface area (Å²) >= 11 is 0. The highest BCUT2D eigenvalue weighted by Crippen LogP contribution is 2.15. The Morgan fingerprint density at radius 2 is 0.862 bits per heavy atom. The Morgan fingerprint density at radius 3 is 1.31 bits per heavy atom. The lowest BCUT2D eigenvalue weighted by molar-refractivity contribution is -0.143. The van der Waals surface area contributed by atoms with E-state index in [1.165, 1.54) is 148 Å². The van der Waals surface area contributed by atoms with E-state index in [1.807, 2.05) is 6.08 Å². The van der Waals surface area contributed by atoms with Crippen LogP contribution >= 0.6 is 0 Å². The van der Waals surface area contributed by atoms with Gasteiger partial charge in [-0.1, -0.05) is 211 Å². The molecule has 3 N–H and O–H groups in total. The number of rotatable bonds is 46. The number of aliphatic hydroxyl groups excluding tert-OH is 2. The second kappa shape index (κ2) is 47.8. The molecule has 0 radical (unpaired) electrons. The van der Waals surface area contributed by atoms with E-state index < -0.39 is 12.1 Å². The minimum Gasteiger partial charge on any atom is -0.466 e. The molecule has 0 fully saturated rings. The van der Waals surface area contributed by atoms with E-state index >= 15 is 0 Å².